The molecule has 1 saturated heterocycles. The summed E-state index contributed by atoms with van der Waals surface area (Å²) in [4.78, 5) is 48.3. The third-order valence-electron chi connectivity index (χ3n) is 4.33. The molecule has 1 aromatic rings. The number of hydrogen-bond donors (Lipinski definition) is 1. The molecule has 1 aliphatic rings. The van der Waals surface area contributed by atoms with Crippen LogP contribution in [-0.4, -0.2) is 40.7 Å². The lowest BCUT2D eigenvalue weighted by atomic mass is 9.99. The summed E-state index contributed by atoms with van der Waals surface area (Å²) in [5.41, 5.74) is 0.163. The molecular weight excluding hydrogens is 373 g/mol. The first-order valence-corrected chi connectivity index (χ1v) is 9.60. The molecule has 2 rings (SSSR count). The quantitative estimate of drug-likeness (QED) is 0.431. The van der Waals surface area contributed by atoms with Crippen LogP contribution >= 0.6 is 11.8 Å². The molecule has 1 heterocycles. The molecule has 8 heteroatoms. The van der Waals surface area contributed by atoms with E-state index in [9.17, 15) is 23.6 Å². The first kappa shape index (κ1) is 21.2. The fourth-order valence-electron chi connectivity index (χ4n) is 2.80. The highest BCUT2D eigenvalue weighted by atomic mass is 32.2. The van der Waals surface area contributed by atoms with Crippen LogP contribution in [0.5, 0.6) is 0 Å². The van der Waals surface area contributed by atoms with Crippen molar-refractivity contribution in [3.8, 4) is 0 Å². The number of benzene rings is 1. The Balaban J connectivity index is 2.04. The summed E-state index contributed by atoms with van der Waals surface area (Å²) in [5.74, 6) is -3.22. The van der Waals surface area contributed by atoms with Crippen LogP contribution in [-0.2, 0) is 19.1 Å². The SMILES string of the molecule is CC(=O)SC(CC(=O)c1cccc(F)c1)C(C)C(=O)OC(=O)[C@@H]1CCCN1. The van der Waals surface area contributed by atoms with Crippen molar-refractivity contribution in [3.63, 3.8) is 0 Å². The minimum Gasteiger partial charge on any atom is -0.392 e. The molecular formula is C19H22FNO5S. The summed E-state index contributed by atoms with van der Waals surface area (Å²) in [7, 11) is 0. The topological polar surface area (TPSA) is 89.5 Å². The Morgan fingerprint density at radius 3 is 2.67 bits per heavy atom. The van der Waals surface area contributed by atoms with Crippen LogP contribution in [0.15, 0.2) is 24.3 Å². The number of rotatable bonds is 7. The van der Waals surface area contributed by atoms with Gasteiger partial charge in [0, 0.05) is 24.2 Å². The summed E-state index contributed by atoms with van der Waals surface area (Å²) in [6.07, 6.45) is 1.28. The highest BCUT2D eigenvalue weighted by Crippen LogP contribution is 2.27. The van der Waals surface area contributed by atoms with E-state index in [1.807, 2.05) is 0 Å². The van der Waals surface area contributed by atoms with Gasteiger partial charge in [0.25, 0.3) is 0 Å². The molecule has 1 fully saturated rings. The lowest BCUT2D eigenvalue weighted by molar-refractivity contribution is -0.163. The van der Waals surface area contributed by atoms with Crippen molar-refractivity contribution < 1.29 is 28.3 Å². The van der Waals surface area contributed by atoms with Gasteiger partial charge in [-0.05, 0) is 31.5 Å². The van der Waals surface area contributed by atoms with E-state index < -0.39 is 40.7 Å². The molecule has 3 atom stereocenters. The summed E-state index contributed by atoms with van der Waals surface area (Å²) in [6, 6.07) is 4.71. The minimum absolute atomic E-state index is 0.153. The van der Waals surface area contributed by atoms with Crippen molar-refractivity contribution in [3.05, 3.63) is 35.6 Å². The molecule has 0 saturated carbocycles. The lowest BCUT2D eigenvalue weighted by Gasteiger charge is -2.21. The van der Waals surface area contributed by atoms with Gasteiger partial charge in [-0.1, -0.05) is 30.8 Å². The van der Waals surface area contributed by atoms with Gasteiger partial charge < -0.3 is 10.1 Å². The van der Waals surface area contributed by atoms with Crippen LogP contribution < -0.4 is 5.32 Å². The molecule has 0 amide bonds. The molecule has 1 aromatic carbocycles. The predicted molar refractivity (Wildman–Crippen MR) is 98.7 cm³/mol. The average Bonchev–Trinajstić information content (AvgIpc) is 3.14. The van der Waals surface area contributed by atoms with Crippen LogP contribution in [0.1, 0.15) is 43.5 Å². The molecule has 1 N–H and O–H groups in total. The maximum atomic E-state index is 13.3. The number of ketones is 1. The van der Waals surface area contributed by atoms with Gasteiger partial charge in [-0.15, -0.1) is 0 Å². The smallest absolute Gasteiger partial charge is 0.330 e. The minimum atomic E-state index is -0.859. The van der Waals surface area contributed by atoms with Crippen molar-refractivity contribution in [2.45, 2.75) is 44.4 Å². The Hall–Kier alpha value is -2.06. The highest BCUT2D eigenvalue weighted by molar-refractivity contribution is 8.14. The van der Waals surface area contributed by atoms with E-state index in [0.29, 0.717) is 13.0 Å². The van der Waals surface area contributed by atoms with E-state index >= 15 is 0 Å². The molecule has 0 bridgehead atoms. The van der Waals surface area contributed by atoms with Crippen LogP contribution in [0.4, 0.5) is 4.39 Å². The zero-order valence-electron chi connectivity index (χ0n) is 15.2. The van der Waals surface area contributed by atoms with E-state index in [2.05, 4.69) is 5.32 Å². The second-order valence-corrected chi connectivity index (χ2v) is 7.88. The largest absolute Gasteiger partial charge is 0.392 e. The fraction of sp³-hybridized carbons (Fsp3) is 0.474. The van der Waals surface area contributed by atoms with Gasteiger partial charge in [0.05, 0.1) is 5.92 Å². The molecule has 0 aliphatic carbocycles. The molecule has 0 spiro atoms. The Bertz CT molecular complexity index is 733. The van der Waals surface area contributed by atoms with Crippen LogP contribution in [0, 0.1) is 11.7 Å². The average molecular weight is 395 g/mol. The van der Waals surface area contributed by atoms with Gasteiger partial charge in [-0.3, -0.25) is 14.4 Å². The Labute approximate surface area is 161 Å². The van der Waals surface area contributed by atoms with Crippen LogP contribution in [0.3, 0.4) is 0 Å². The van der Waals surface area contributed by atoms with Crippen molar-refractivity contribution in [1.82, 2.24) is 5.32 Å². The number of carbonyl (C=O) groups excluding carboxylic acids is 4. The van der Waals surface area contributed by atoms with E-state index in [1.165, 1.54) is 32.0 Å². The van der Waals surface area contributed by atoms with E-state index in [1.54, 1.807) is 0 Å². The monoisotopic (exact) mass is 395 g/mol. The van der Waals surface area contributed by atoms with E-state index in [4.69, 9.17) is 4.74 Å². The molecule has 27 heavy (non-hydrogen) atoms. The summed E-state index contributed by atoms with van der Waals surface area (Å²) in [5, 5.41) is 1.96. The lowest BCUT2D eigenvalue weighted by Crippen LogP contribution is -2.37. The highest BCUT2D eigenvalue weighted by Gasteiger charge is 2.33. The third-order valence-corrected chi connectivity index (χ3v) is 5.54. The zero-order valence-corrected chi connectivity index (χ0v) is 16.0. The summed E-state index contributed by atoms with van der Waals surface area (Å²) >= 11 is 0.841. The van der Waals surface area contributed by atoms with E-state index in [0.717, 1.165) is 24.2 Å². The number of carbonyl (C=O) groups is 4. The molecule has 0 aromatic heterocycles. The summed E-state index contributed by atoms with van der Waals surface area (Å²) in [6.45, 7) is 3.53. The number of halogens is 1. The number of hydrogen-bond acceptors (Lipinski definition) is 7. The second-order valence-electron chi connectivity index (χ2n) is 6.46. The van der Waals surface area contributed by atoms with Crippen molar-refractivity contribution >= 4 is 34.6 Å². The first-order valence-electron chi connectivity index (χ1n) is 8.73. The zero-order chi connectivity index (χ0) is 20.0. The van der Waals surface area contributed by atoms with E-state index in [-0.39, 0.29) is 17.1 Å². The fourth-order valence-corrected chi connectivity index (χ4v) is 3.77. The first-order chi connectivity index (χ1) is 12.8. The maximum Gasteiger partial charge on any atom is 0.330 e. The Morgan fingerprint density at radius 1 is 1.33 bits per heavy atom. The van der Waals surface area contributed by atoms with Gasteiger partial charge >= 0.3 is 11.9 Å². The molecule has 6 nitrogen and oxygen atoms in total. The molecule has 0 radical (unpaired) electrons. The molecule has 146 valence electrons. The van der Waals surface area contributed by atoms with Crippen LogP contribution in [0.2, 0.25) is 0 Å². The van der Waals surface area contributed by atoms with Crippen molar-refractivity contribution in [2.75, 3.05) is 6.54 Å². The van der Waals surface area contributed by atoms with Gasteiger partial charge in [0.1, 0.15) is 11.9 Å². The van der Waals surface area contributed by atoms with Crippen molar-refractivity contribution in [1.29, 1.82) is 0 Å². The molecule has 2 unspecified atom stereocenters. The number of esters is 2. The predicted octanol–water partition coefficient (Wildman–Crippen LogP) is 2.50. The third kappa shape index (κ3) is 6.25. The Kier molecular flexibility index (Phi) is 7.67. The van der Waals surface area contributed by atoms with Crippen molar-refractivity contribution in [2.24, 2.45) is 5.92 Å². The number of ether oxygens (including phenoxy) is 1. The second kappa shape index (κ2) is 9.75. The number of thioether (sulfide) groups is 1. The molecule has 1 aliphatic heterocycles. The summed E-state index contributed by atoms with van der Waals surface area (Å²) < 4.78 is 18.3. The number of nitrogens with one attached hydrogen (secondary N) is 1. The normalized spacial score (nSPS) is 18.6. The Morgan fingerprint density at radius 2 is 2.07 bits per heavy atom. The number of Topliss-reactive ketones (excluding diaryl/α,β-unsaturated/α-hetero) is 1. The van der Waals surface area contributed by atoms with Gasteiger partial charge in [-0.2, -0.15) is 0 Å². The van der Waals surface area contributed by atoms with Gasteiger partial charge in [0.15, 0.2) is 10.9 Å². The van der Waals surface area contributed by atoms with Crippen LogP contribution in [0.25, 0.3) is 0 Å². The van der Waals surface area contributed by atoms with Gasteiger partial charge in [-0.25, -0.2) is 9.18 Å². The standard InChI is InChI=1S/C19H22FNO5S/c1-11(18(24)26-19(25)15-7-4-8-21-15)17(27-12(2)22)10-16(23)13-5-3-6-14(20)9-13/h3,5-6,9,11,15,17,21H,4,7-8,10H2,1-2H3/t11?,15-,17?/m0/s1. The van der Waals surface area contributed by atoms with Gasteiger partial charge in [0.2, 0.25) is 0 Å². The maximum absolute atomic E-state index is 13.3.